The van der Waals surface area contributed by atoms with Gasteiger partial charge in [-0.15, -0.1) is 0 Å². The van der Waals surface area contributed by atoms with Crippen LogP contribution in [0.4, 0.5) is 0 Å². The molecule has 2 aromatic carbocycles. The lowest BCUT2D eigenvalue weighted by atomic mass is 10.2. The van der Waals surface area contributed by atoms with Crippen molar-refractivity contribution in [2.75, 3.05) is 6.61 Å². The topological polar surface area (TPSA) is 70.9 Å². The number of benzene rings is 2. The third kappa shape index (κ3) is 4.09. The van der Waals surface area contributed by atoms with Gasteiger partial charge in [0.1, 0.15) is 11.5 Å². The van der Waals surface area contributed by atoms with Gasteiger partial charge in [0.05, 0.1) is 18.4 Å². The second kappa shape index (κ2) is 7.83. The van der Waals surface area contributed by atoms with Crippen molar-refractivity contribution in [1.82, 2.24) is 5.43 Å². The second-order valence-electron chi connectivity index (χ2n) is 4.60. The molecule has 1 amide bonds. The zero-order valence-electron chi connectivity index (χ0n) is 12.3. The Labute approximate surface area is 129 Å². The lowest BCUT2D eigenvalue weighted by Crippen LogP contribution is -2.17. The Bertz CT molecular complexity index is 668. The van der Waals surface area contributed by atoms with Crippen molar-refractivity contribution in [2.45, 2.75) is 13.3 Å². The van der Waals surface area contributed by atoms with E-state index < -0.39 is 5.91 Å². The number of phenols is 1. The number of hydrogen-bond acceptors (Lipinski definition) is 4. The van der Waals surface area contributed by atoms with Crippen LogP contribution in [0.1, 0.15) is 29.3 Å². The molecule has 2 rings (SSSR count). The largest absolute Gasteiger partial charge is 0.507 e. The van der Waals surface area contributed by atoms with Crippen LogP contribution in [0.15, 0.2) is 53.6 Å². The van der Waals surface area contributed by atoms with Crippen LogP contribution < -0.4 is 10.2 Å². The maximum Gasteiger partial charge on any atom is 0.275 e. The van der Waals surface area contributed by atoms with Crippen molar-refractivity contribution in [3.05, 3.63) is 59.7 Å². The number of amides is 1. The predicted octanol–water partition coefficient (Wildman–Crippen LogP) is 2.94. The highest BCUT2D eigenvalue weighted by molar-refractivity contribution is 5.97. The van der Waals surface area contributed by atoms with Gasteiger partial charge in [-0.25, -0.2) is 5.43 Å². The van der Waals surface area contributed by atoms with E-state index in [9.17, 15) is 9.90 Å². The van der Waals surface area contributed by atoms with Crippen LogP contribution in [0, 0.1) is 0 Å². The van der Waals surface area contributed by atoms with E-state index in [-0.39, 0.29) is 11.3 Å². The maximum atomic E-state index is 11.9. The molecule has 5 nitrogen and oxygen atoms in total. The monoisotopic (exact) mass is 298 g/mol. The highest BCUT2D eigenvalue weighted by Crippen LogP contribution is 2.17. The Balaban J connectivity index is 2.04. The lowest BCUT2D eigenvalue weighted by Gasteiger charge is -2.07. The fraction of sp³-hybridized carbons (Fsp3) is 0.176. The molecule has 5 heteroatoms. The number of nitrogens with zero attached hydrogens (tertiary/aromatic N) is 1. The van der Waals surface area contributed by atoms with Crippen LogP contribution >= 0.6 is 0 Å². The molecule has 0 bridgehead atoms. The number of ether oxygens (including phenoxy) is 1. The molecule has 0 aromatic heterocycles. The molecule has 2 aromatic rings. The minimum Gasteiger partial charge on any atom is -0.507 e. The number of rotatable bonds is 6. The number of para-hydroxylation sites is 2. The molecule has 0 aliphatic rings. The molecule has 0 radical (unpaired) electrons. The summed E-state index contributed by atoms with van der Waals surface area (Å²) < 4.78 is 5.60. The molecule has 2 N–H and O–H groups in total. The van der Waals surface area contributed by atoms with E-state index in [0.717, 1.165) is 12.0 Å². The van der Waals surface area contributed by atoms with Gasteiger partial charge in [0.15, 0.2) is 0 Å². The van der Waals surface area contributed by atoms with E-state index in [1.54, 1.807) is 12.1 Å². The first-order valence-corrected chi connectivity index (χ1v) is 7.05. The van der Waals surface area contributed by atoms with Crippen LogP contribution in [-0.2, 0) is 0 Å². The standard InChI is InChI=1S/C17H18N2O3/c1-2-11-22-16-10-6-3-7-13(16)12-18-19-17(21)14-8-4-5-9-15(14)20/h3-10,12,20H,2,11H2,1H3,(H,19,21). The average molecular weight is 298 g/mol. The normalized spacial score (nSPS) is 10.6. The fourth-order valence-electron chi connectivity index (χ4n) is 1.82. The van der Waals surface area contributed by atoms with Gasteiger partial charge >= 0.3 is 0 Å². The number of aromatic hydroxyl groups is 1. The number of nitrogens with one attached hydrogen (secondary N) is 1. The summed E-state index contributed by atoms with van der Waals surface area (Å²) in [4.78, 5) is 11.9. The number of hydrazone groups is 1. The maximum absolute atomic E-state index is 11.9. The van der Waals surface area contributed by atoms with Gasteiger partial charge < -0.3 is 9.84 Å². The first-order chi connectivity index (χ1) is 10.7. The van der Waals surface area contributed by atoms with E-state index in [4.69, 9.17) is 4.74 Å². The lowest BCUT2D eigenvalue weighted by molar-refractivity contribution is 0.0952. The van der Waals surface area contributed by atoms with Crippen molar-refractivity contribution >= 4 is 12.1 Å². The molecule has 0 aliphatic heterocycles. The molecule has 114 valence electrons. The van der Waals surface area contributed by atoms with Gasteiger partial charge in [0, 0.05) is 5.56 Å². The Morgan fingerprint density at radius 1 is 1.23 bits per heavy atom. The van der Waals surface area contributed by atoms with E-state index in [1.165, 1.54) is 18.3 Å². The third-order valence-corrected chi connectivity index (χ3v) is 2.90. The highest BCUT2D eigenvalue weighted by Gasteiger charge is 2.08. The van der Waals surface area contributed by atoms with Gasteiger partial charge in [-0.3, -0.25) is 4.79 Å². The van der Waals surface area contributed by atoms with E-state index in [1.807, 2.05) is 31.2 Å². The van der Waals surface area contributed by atoms with Crippen molar-refractivity contribution in [1.29, 1.82) is 0 Å². The van der Waals surface area contributed by atoms with E-state index in [2.05, 4.69) is 10.5 Å². The average Bonchev–Trinajstić information content (AvgIpc) is 2.54. The number of carbonyl (C=O) groups excluding carboxylic acids is 1. The molecule has 0 spiro atoms. The second-order valence-corrected chi connectivity index (χ2v) is 4.60. The minimum absolute atomic E-state index is 0.0816. The minimum atomic E-state index is -0.471. The molecule has 0 heterocycles. The Hall–Kier alpha value is -2.82. The van der Waals surface area contributed by atoms with Gasteiger partial charge in [-0.1, -0.05) is 31.2 Å². The molecule has 0 unspecified atom stereocenters. The van der Waals surface area contributed by atoms with E-state index >= 15 is 0 Å². The number of carbonyl (C=O) groups is 1. The summed E-state index contributed by atoms with van der Waals surface area (Å²) in [6.45, 7) is 2.65. The molecule has 0 aliphatic carbocycles. The molecule has 0 saturated heterocycles. The first-order valence-electron chi connectivity index (χ1n) is 7.05. The summed E-state index contributed by atoms with van der Waals surface area (Å²) in [5, 5.41) is 13.5. The molecular weight excluding hydrogens is 280 g/mol. The smallest absolute Gasteiger partial charge is 0.275 e. The highest BCUT2D eigenvalue weighted by atomic mass is 16.5. The summed E-state index contributed by atoms with van der Waals surface area (Å²) in [7, 11) is 0. The van der Waals surface area contributed by atoms with Crippen molar-refractivity contribution < 1.29 is 14.6 Å². The molecule has 0 saturated carbocycles. The van der Waals surface area contributed by atoms with Crippen molar-refractivity contribution in [3.63, 3.8) is 0 Å². The van der Waals surface area contributed by atoms with Gasteiger partial charge in [0.2, 0.25) is 0 Å². The quantitative estimate of drug-likeness (QED) is 0.636. The Kier molecular flexibility index (Phi) is 5.54. The fourth-order valence-corrected chi connectivity index (χ4v) is 1.82. The molecule has 22 heavy (non-hydrogen) atoms. The molecule has 0 fully saturated rings. The zero-order chi connectivity index (χ0) is 15.8. The van der Waals surface area contributed by atoms with Gasteiger partial charge in [0.25, 0.3) is 5.91 Å². The summed E-state index contributed by atoms with van der Waals surface area (Å²) in [5.41, 5.74) is 3.33. The van der Waals surface area contributed by atoms with Crippen molar-refractivity contribution in [3.8, 4) is 11.5 Å². The summed E-state index contributed by atoms with van der Waals surface area (Å²) >= 11 is 0. The van der Waals surface area contributed by atoms with Crippen LogP contribution in [-0.4, -0.2) is 23.8 Å². The predicted molar refractivity (Wildman–Crippen MR) is 85.4 cm³/mol. The van der Waals surface area contributed by atoms with E-state index in [0.29, 0.717) is 12.4 Å². The zero-order valence-corrected chi connectivity index (χ0v) is 12.3. The van der Waals surface area contributed by atoms with Crippen LogP contribution in [0.5, 0.6) is 11.5 Å². The molecular formula is C17H18N2O3. The van der Waals surface area contributed by atoms with Crippen LogP contribution in [0.2, 0.25) is 0 Å². The van der Waals surface area contributed by atoms with Crippen LogP contribution in [0.3, 0.4) is 0 Å². The SMILES string of the molecule is CCCOc1ccccc1C=NNC(=O)c1ccccc1O. The van der Waals surface area contributed by atoms with Crippen molar-refractivity contribution in [2.24, 2.45) is 5.10 Å². The first kappa shape index (κ1) is 15.6. The Morgan fingerprint density at radius 2 is 1.95 bits per heavy atom. The summed E-state index contributed by atoms with van der Waals surface area (Å²) in [5.74, 6) is 0.160. The van der Waals surface area contributed by atoms with Crippen LogP contribution in [0.25, 0.3) is 0 Å². The summed E-state index contributed by atoms with van der Waals surface area (Å²) in [6, 6.07) is 13.7. The third-order valence-electron chi connectivity index (χ3n) is 2.90. The molecule has 0 atom stereocenters. The number of phenolic OH excluding ortho intramolecular Hbond substituents is 1. The van der Waals surface area contributed by atoms with Gasteiger partial charge in [-0.05, 0) is 30.7 Å². The van der Waals surface area contributed by atoms with Gasteiger partial charge in [-0.2, -0.15) is 5.10 Å². The summed E-state index contributed by atoms with van der Waals surface area (Å²) in [6.07, 6.45) is 2.43. The Morgan fingerprint density at radius 3 is 2.73 bits per heavy atom. The number of hydrogen-bond donors (Lipinski definition) is 2.